The molecule has 0 unspecified atom stereocenters. The summed E-state index contributed by atoms with van der Waals surface area (Å²) in [5.74, 6) is -0.0846. The van der Waals surface area contributed by atoms with E-state index in [4.69, 9.17) is 5.73 Å². The molecule has 1 aromatic heterocycles. The van der Waals surface area contributed by atoms with Crippen LogP contribution >= 0.6 is 0 Å². The molecule has 0 aliphatic heterocycles. The van der Waals surface area contributed by atoms with E-state index in [1.807, 2.05) is 0 Å². The summed E-state index contributed by atoms with van der Waals surface area (Å²) < 4.78 is 0. The van der Waals surface area contributed by atoms with Crippen LogP contribution in [0.25, 0.3) is 0 Å². The van der Waals surface area contributed by atoms with Crippen molar-refractivity contribution in [3.8, 4) is 0 Å². The van der Waals surface area contributed by atoms with Crippen molar-refractivity contribution in [2.75, 3.05) is 11.1 Å². The van der Waals surface area contributed by atoms with E-state index in [1.54, 1.807) is 0 Å². The van der Waals surface area contributed by atoms with Crippen LogP contribution in [-0.2, 0) is 4.79 Å². The number of amides is 1. The minimum Gasteiger partial charge on any atom is -0.378 e. The first-order chi connectivity index (χ1) is 11.5. The Balaban J connectivity index is 2.16. The number of rotatable bonds is 12. The Hall–Kier alpha value is -2.18. The lowest BCUT2D eigenvalue weighted by molar-refractivity contribution is -0.384. The summed E-state index contributed by atoms with van der Waals surface area (Å²) in [6.45, 7) is 2.21. The SMILES string of the molecule is CCCCCCCCCCCC(=O)Nc1ccc([N+](=O)[O-])c(N)n1. The van der Waals surface area contributed by atoms with E-state index in [0.717, 1.165) is 19.3 Å². The predicted octanol–water partition coefficient (Wildman–Crippen LogP) is 4.43. The van der Waals surface area contributed by atoms with Crippen molar-refractivity contribution in [2.24, 2.45) is 0 Å². The molecule has 0 spiro atoms. The van der Waals surface area contributed by atoms with Crippen molar-refractivity contribution in [3.05, 3.63) is 22.2 Å². The number of nitrogens with one attached hydrogen (secondary N) is 1. The number of unbranched alkanes of at least 4 members (excludes halogenated alkanes) is 8. The fraction of sp³-hybridized carbons (Fsp3) is 0.647. The Morgan fingerprint density at radius 1 is 1.12 bits per heavy atom. The summed E-state index contributed by atoms with van der Waals surface area (Å²) in [7, 11) is 0. The van der Waals surface area contributed by atoms with Crippen LogP contribution in [0.3, 0.4) is 0 Å². The molecule has 1 heterocycles. The molecule has 7 heteroatoms. The summed E-state index contributed by atoms with van der Waals surface area (Å²) in [5.41, 5.74) is 5.23. The van der Waals surface area contributed by atoms with E-state index < -0.39 is 4.92 Å². The molecule has 0 aromatic carbocycles. The molecular weight excluding hydrogens is 308 g/mol. The molecule has 0 atom stereocenters. The van der Waals surface area contributed by atoms with Crippen molar-refractivity contribution >= 4 is 23.2 Å². The maximum Gasteiger partial charge on any atom is 0.311 e. The first-order valence-electron chi connectivity index (χ1n) is 8.75. The number of hydrogen-bond donors (Lipinski definition) is 2. The number of nitrogen functional groups attached to an aromatic ring is 1. The minimum atomic E-state index is -0.601. The molecule has 3 N–H and O–H groups in total. The average molecular weight is 336 g/mol. The molecule has 0 saturated carbocycles. The molecule has 7 nitrogen and oxygen atoms in total. The van der Waals surface area contributed by atoms with Gasteiger partial charge in [0.25, 0.3) is 0 Å². The van der Waals surface area contributed by atoms with Crippen LogP contribution in [0.1, 0.15) is 71.1 Å². The Morgan fingerprint density at radius 3 is 2.25 bits per heavy atom. The number of nitro groups is 1. The topological polar surface area (TPSA) is 111 Å². The zero-order valence-electron chi connectivity index (χ0n) is 14.4. The smallest absolute Gasteiger partial charge is 0.311 e. The lowest BCUT2D eigenvalue weighted by Gasteiger charge is -2.05. The standard InChI is InChI=1S/C17H28N4O3/c1-2-3-4-5-6-7-8-9-10-11-16(22)19-15-13-12-14(21(23)24)17(18)20-15/h12-13H,2-11H2,1H3,(H3,18,19,20,22). The summed E-state index contributed by atoms with van der Waals surface area (Å²) in [6, 6.07) is 2.64. The lowest BCUT2D eigenvalue weighted by atomic mass is 10.1. The molecule has 1 rings (SSSR count). The second kappa shape index (κ2) is 11.4. The van der Waals surface area contributed by atoms with Crippen molar-refractivity contribution in [2.45, 2.75) is 71.1 Å². The second-order valence-corrected chi connectivity index (χ2v) is 5.98. The van der Waals surface area contributed by atoms with Crippen molar-refractivity contribution < 1.29 is 9.72 Å². The molecule has 134 valence electrons. The van der Waals surface area contributed by atoms with Gasteiger partial charge in [0, 0.05) is 12.5 Å². The van der Waals surface area contributed by atoms with Crippen LogP contribution in [0.5, 0.6) is 0 Å². The first kappa shape index (κ1) is 19.9. The van der Waals surface area contributed by atoms with E-state index in [2.05, 4.69) is 17.2 Å². The Labute approximate surface area is 143 Å². The fourth-order valence-electron chi connectivity index (χ4n) is 2.49. The number of carbonyl (C=O) groups excluding carboxylic acids is 1. The molecule has 1 aromatic rings. The van der Waals surface area contributed by atoms with Gasteiger partial charge >= 0.3 is 5.69 Å². The molecular formula is C17H28N4O3. The van der Waals surface area contributed by atoms with Gasteiger partial charge in [-0.3, -0.25) is 14.9 Å². The van der Waals surface area contributed by atoms with E-state index in [9.17, 15) is 14.9 Å². The average Bonchev–Trinajstić information content (AvgIpc) is 2.53. The number of carbonyl (C=O) groups is 1. The van der Waals surface area contributed by atoms with Gasteiger partial charge < -0.3 is 11.1 Å². The Morgan fingerprint density at radius 2 is 1.71 bits per heavy atom. The van der Waals surface area contributed by atoms with Crippen LogP contribution in [0.15, 0.2) is 12.1 Å². The monoisotopic (exact) mass is 336 g/mol. The third-order valence-corrected chi connectivity index (χ3v) is 3.87. The maximum absolute atomic E-state index is 11.8. The second-order valence-electron chi connectivity index (χ2n) is 5.98. The number of anilines is 2. The Kier molecular flexibility index (Phi) is 9.41. The number of nitrogens with zero attached hydrogens (tertiary/aromatic N) is 2. The maximum atomic E-state index is 11.8. The first-order valence-corrected chi connectivity index (χ1v) is 8.75. The number of pyridine rings is 1. The summed E-state index contributed by atoms with van der Waals surface area (Å²) in [4.78, 5) is 25.7. The lowest BCUT2D eigenvalue weighted by Crippen LogP contribution is -2.13. The highest BCUT2D eigenvalue weighted by Gasteiger charge is 2.13. The largest absolute Gasteiger partial charge is 0.378 e. The van der Waals surface area contributed by atoms with Crippen LogP contribution in [0, 0.1) is 10.1 Å². The molecule has 0 aliphatic carbocycles. The van der Waals surface area contributed by atoms with Crippen molar-refractivity contribution in [1.82, 2.24) is 4.98 Å². The quantitative estimate of drug-likeness (QED) is 0.333. The van der Waals surface area contributed by atoms with Gasteiger partial charge in [0.1, 0.15) is 5.82 Å². The van der Waals surface area contributed by atoms with Gasteiger partial charge in [-0.05, 0) is 12.5 Å². The van der Waals surface area contributed by atoms with Gasteiger partial charge in [0.2, 0.25) is 11.7 Å². The highest BCUT2D eigenvalue weighted by molar-refractivity contribution is 5.90. The van der Waals surface area contributed by atoms with Crippen molar-refractivity contribution in [3.63, 3.8) is 0 Å². The van der Waals surface area contributed by atoms with Crippen LogP contribution in [-0.4, -0.2) is 15.8 Å². The molecule has 0 aliphatic rings. The van der Waals surface area contributed by atoms with E-state index in [-0.39, 0.29) is 23.2 Å². The predicted molar refractivity (Wildman–Crippen MR) is 95.8 cm³/mol. The molecule has 1 amide bonds. The highest BCUT2D eigenvalue weighted by Crippen LogP contribution is 2.20. The van der Waals surface area contributed by atoms with Crippen molar-refractivity contribution in [1.29, 1.82) is 0 Å². The van der Waals surface area contributed by atoms with Gasteiger partial charge in [0.05, 0.1) is 4.92 Å². The van der Waals surface area contributed by atoms with E-state index in [1.165, 1.54) is 50.7 Å². The minimum absolute atomic E-state index is 0.140. The van der Waals surface area contributed by atoms with Gasteiger partial charge in [-0.2, -0.15) is 0 Å². The third kappa shape index (κ3) is 7.89. The number of nitrogens with two attached hydrogens (primary N) is 1. The van der Waals surface area contributed by atoms with Crippen LogP contribution in [0.2, 0.25) is 0 Å². The number of aromatic nitrogens is 1. The number of hydrogen-bond acceptors (Lipinski definition) is 5. The molecule has 0 fully saturated rings. The van der Waals surface area contributed by atoms with Gasteiger partial charge in [-0.25, -0.2) is 4.98 Å². The summed E-state index contributed by atoms with van der Waals surface area (Å²) in [6.07, 6.45) is 11.2. The molecule has 0 saturated heterocycles. The summed E-state index contributed by atoms with van der Waals surface area (Å²) in [5, 5.41) is 13.3. The molecule has 24 heavy (non-hydrogen) atoms. The molecule has 0 bridgehead atoms. The highest BCUT2D eigenvalue weighted by atomic mass is 16.6. The zero-order valence-corrected chi connectivity index (χ0v) is 14.4. The van der Waals surface area contributed by atoms with Gasteiger partial charge in [-0.1, -0.05) is 58.3 Å². The fourth-order valence-corrected chi connectivity index (χ4v) is 2.49. The van der Waals surface area contributed by atoms with Gasteiger partial charge in [-0.15, -0.1) is 0 Å². The van der Waals surface area contributed by atoms with E-state index >= 15 is 0 Å². The summed E-state index contributed by atoms with van der Waals surface area (Å²) >= 11 is 0. The van der Waals surface area contributed by atoms with Gasteiger partial charge in [0.15, 0.2) is 0 Å². The molecule has 0 radical (unpaired) electrons. The third-order valence-electron chi connectivity index (χ3n) is 3.87. The Bertz CT molecular complexity index is 535. The zero-order chi connectivity index (χ0) is 17.8. The normalized spacial score (nSPS) is 10.5. The van der Waals surface area contributed by atoms with E-state index in [0.29, 0.717) is 6.42 Å². The van der Waals surface area contributed by atoms with Crippen LogP contribution < -0.4 is 11.1 Å². The van der Waals surface area contributed by atoms with Crippen LogP contribution in [0.4, 0.5) is 17.3 Å².